The smallest absolute Gasteiger partial charge is 0.411 e. The molecular formula is C18H19NO4. The molecule has 2 rings (SSSR count). The fourth-order valence-electron chi connectivity index (χ4n) is 2.17. The maximum absolute atomic E-state index is 11.9. The Labute approximate surface area is 135 Å². The third kappa shape index (κ3) is 4.85. The normalized spacial score (nSPS) is 10.0. The van der Waals surface area contributed by atoms with Gasteiger partial charge in [-0.05, 0) is 24.1 Å². The van der Waals surface area contributed by atoms with Gasteiger partial charge in [0.25, 0.3) is 0 Å². The highest BCUT2D eigenvalue weighted by Gasteiger charge is 2.12. The fourth-order valence-corrected chi connectivity index (χ4v) is 2.17. The number of nitrogens with one attached hydrogen (secondary N) is 1. The van der Waals surface area contributed by atoms with E-state index in [9.17, 15) is 9.59 Å². The second-order valence-corrected chi connectivity index (χ2v) is 4.92. The first-order valence-electron chi connectivity index (χ1n) is 7.38. The van der Waals surface area contributed by atoms with Gasteiger partial charge in [0.05, 0.1) is 5.69 Å². The van der Waals surface area contributed by atoms with Gasteiger partial charge in [0.2, 0.25) is 0 Å². The molecule has 0 unspecified atom stereocenters. The molecule has 0 radical (unpaired) electrons. The van der Waals surface area contributed by atoms with Crippen molar-refractivity contribution < 1.29 is 19.1 Å². The van der Waals surface area contributed by atoms with E-state index in [1.54, 1.807) is 18.2 Å². The fraction of sp³-hybridized carbons (Fsp3) is 0.222. The molecule has 0 heterocycles. The van der Waals surface area contributed by atoms with Crippen LogP contribution in [0.2, 0.25) is 0 Å². The quantitative estimate of drug-likeness (QED) is 0.671. The van der Waals surface area contributed by atoms with E-state index in [4.69, 9.17) is 9.47 Å². The Balaban J connectivity index is 2.04. The van der Waals surface area contributed by atoms with Crippen LogP contribution in [0.4, 0.5) is 10.5 Å². The molecule has 2 aromatic rings. The van der Waals surface area contributed by atoms with Crippen LogP contribution in [0, 0.1) is 0 Å². The molecule has 0 bridgehead atoms. The van der Waals surface area contributed by atoms with E-state index in [0.29, 0.717) is 17.9 Å². The van der Waals surface area contributed by atoms with E-state index in [1.165, 1.54) is 6.92 Å². The zero-order chi connectivity index (χ0) is 16.7. The lowest BCUT2D eigenvalue weighted by atomic mass is 10.1. The highest BCUT2D eigenvalue weighted by Crippen LogP contribution is 2.27. The summed E-state index contributed by atoms with van der Waals surface area (Å²) in [6.07, 6.45) is 0.0566. The molecule has 5 nitrogen and oxygen atoms in total. The summed E-state index contributed by atoms with van der Waals surface area (Å²) in [5, 5.41) is 2.69. The average molecular weight is 313 g/mol. The molecule has 1 N–H and O–H groups in total. The van der Waals surface area contributed by atoms with Crippen LogP contribution in [0.5, 0.6) is 5.75 Å². The maximum Gasteiger partial charge on any atom is 0.411 e. The van der Waals surface area contributed by atoms with E-state index < -0.39 is 12.1 Å². The standard InChI is InChI=1S/C18H19NO4/c1-3-15-16(10-7-11-17(15)23-13(2)20)19-18(21)22-12-14-8-5-4-6-9-14/h4-11H,3,12H2,1-2H3,(H,19,21). The minimum absolute atomic E-state index is 0.192. The van der Waals surface area contributed by atoms with Gasteiger partial charge in [-0.2, -0.15) is 0 Å². The maximum atomic E-state index is 11.9. The summed E-state index contributed by atoms with van der Waals surface area (Å²) in [7, 11) is 0. The second-order valence-electron chi connectivity index (χ2n) is 4.92. The molecule has 0 aliphatic heterocycles. The second kappa shape index (κ2) is 7.98. The molecule has 0 aliphatic carbocycles. The van der Waals surface area contributed by atoms with Crippen LogP contribution >= 0.6 is 0 Å². The summed E-state index contributed by atoms with van der Waals surface area (Å²) in [5.74, 6) is 0.0457. The van der Waals surface area contributed by atoms with Crippen LogP contribution in [-0.4, -0.2) is 12.1 Å². The van der Waals surface area contributed by atoms with Crippen LogP contribution in [0.1, 0.15) is 25.0 Å². The minimum atomic E-state index is -0.552. The Hall–Kier alpha value is -2.82. The van der Waals surface area contributed by atoms with E-state index in [2.05, 4.69) is 5.32 Å². The Morgan fingerprint density at radius 2 is 1.78 bits per heavy atom. The molecule has 0 saturated heterocycles. The van der Waals surface area contributed by atoms with E-state index in [0.717, 1.165) is 11.1 Å². The zero-order valence-corrected chi connectivity index (χ0v) is 13.2. The summed E-state index contributed by atoms with van der Waals surface area (Å²) >= 11 is 0. The van der Waals surface area contributed by atoms with Gasteiger partial charge in [-0.3, -0.25) is 10.1 Å². The summed E-state index contributed by atoms with van der Waals surface area (Å²) in [4.78, 5) is 23.1. The molecule has 23 heavy (non-hydrogen) atoms. The predicted octanol–water partition coefficient (Wildman–Crippen LogP) is 3.92. The van der Waals surface area contributed by atoms with Gasteiger partial charge >= 0.3 is 12.1 Å². The highest BCUT2D eigenvalue weighted by molar-refractivity contribution is 5.86. The van der Waals surface area contributed by atoms with Crippen LogP contribution in [-0.2, 0) is 22.6 Å². The number of hydrogen-bond acceptors (Lipinski definition) is 4. The van der Waals surface area contributed by atoms with Crippen LogP contribution in [0.3, 0.4) is 0 Å². The number of esters is 1. The van der Waals surface area contributed by atoms with Crippen LogP contribution in [0.25, 0.3) is 0 Å². The van der Waals surface area contributed by atoms with Gasteiger partial charge in [-0.25, -0.2) is 4.79 Å². The number of carbonyl (C=O) groups is 2. The molecule has 0 fully saturated rings. The number of benzene rings is 2. The number of amides is 1. The van der Waals surface area contributed by atoms with Gasteiger partial charge in [0.1, 0.15) is 12.4 Å². The third-order valence-corrected chi connectivity index (χ3v) is 3.19. The summed E-state index contributed by atoms with van der Waals surface area (Å²) < 4.78 is 10.4. The third-order valence-electron chi connectivity index (χ3n) is 3.19. The van der Waals surface area contributed by atoms with Crippen molar-refractivity contribution >= 4 is 17.7 Å². The Morgan fingerprint density at radius 3 is 2.43 bits per heavy atom. The Morgan fingerprint density at radius 1 is 1.04 bits per heavy atom. The predicted molar refractivity (Wildman–Crippen MR) is 87.4 cm³/mol. The zero-order valence-electron chi connectivity index (χ0n) is 13.2. The molecule has 120 valence electrons. The van der Waals surface area contributed by atoms with Crippen molar-refractivity contribution in [1.82, 2.24) is 0 Å². The number of carbonyl (C=O) groups excluding carboxylic acids is 2. The van der Waals surface area contributed by atoms with Gasteiger partial charge < -0.3 is 9.47 Å². The van der Waals surface area contributed by atoms with Crippen LogP contribution < -0.4 is 10.1 Å². The van der Waals surface area contributed by atoms with Gasteiger partial charge in [0, 0.05) is 12.5 Å². The number of hydrogen-bond donors (Lipinski definition) is 1. The Bertz CT molecular complexity index is 683. The highest BCUT2D eigenvalue weighted by atomic mass is 16.5. The van der Waals surface area contributed by atoms with Crippen molar-refractivity contribution in [2.75, 3.05) is 5.32 Å². The molecule has 0 aliphatic rings. The first-order chi connectivity index (χ1) is 11.1. The molecule has 5 heteroatoms. The molecule has 0 spiro atoms. The van der Waals surface area contributed by atoms with Gasteiger partial charge in [0.15, 0.2) is 0 Å². The first kappa shape index (κ1) is 16.5. The van der Waals surface area contributed by atoms with E-state index in [1.807, 2.05) is 37.3 Å². The van der Waals surface area contributed by atoms with Crippen molar-refractivity contribution in [3.8, 4) is 5.75 Å². The Kier molecular flexibility index (Phi) is 5.74. The van der Waals surface area contributed by atoms with Crippen molar-refractivity contribution in [2.24, 2.45) is 0 Å². The number of rotatable bonds is 5. The summed E-state index contributed by atoms with van der Waals surface area (Å²) in [6, 6.07) is 14.6. The van der Waals surface area contributed by atoms with Gasteiger partial charge in [-0.1, -0.05) is 43.3 Å². The van der Waals surface area contributed by atoms with Crippen molar-refractivity contribution in [1.29, 1.82) is 0 Å². The monoisotopic (exact) mass is 313 g/mol. The molecule has 0 saturated carbocycles. The molecule has 0 aromatic heterocycles. The lowest BCUT2D eigenvalue weighted by Crippen LogP contribution is -2.15. The molecule has 1 amide bonds. The number of ether oxygens (including phenoxy) is 2. The lowest BCUT2D eigenvalue weighted by Gasteiger charge is -2.14. The van der Waals surface area contributed by atoms with Crippen LogP contribution in [0.15, 0.2) is 48.5 Å². The molecular weight excluding hydrogens is 294 g/mol. The number of anilines is 1. The molecule has 2 aromatic carbocycles. The minimum Gasteiger partial charge on any atom is -0.444 e. The lowest BCUT2D eigenvalue weighted by molar-refractivity contribution is -0.131. The van der Waals surface area contributed by atoms with E-state index in [-0.39, 0.29) is 6.61 Å². The first-order valence-corrected chi connectivity index (χ1v) is 7.38. The van der Waals surface area contributed by atoms with Gasteiger partial charge in [-0.15, -0.1) is 0 Å². The van der Waals surface area contributed by atoms with Crippen molar-refractivity contribution in [3.05, 3.63) is 59.7 Å². The van der Waals surface area contributed by atoms with E-state index >= 15 is 0 Å². The molecule has 0 atom stereocenters. The van der Waals surface area contributed by atoms with Crippen molar-refractivity contribution in [2.45, 2.75) is 26.9 Å². The topological polar surface area (TPSA) is 64.6 Å². The largest absolute Gasteiger partial charge is 0.444 e. The van der Waals surface area contributed by atoms with Crippen molar-refractivity contribution in [3.63, 3.8) is 0 Å². The summed E-state index contributed by atoms with van der Waals surface area (Å²) in [5.41, 5.74) is 2.23. The average Bonchev–Trinajstić information content (AvgIpc) is 2.54. The SMILES string of the molecule is CCc1c(NC(=O)OCc2ccccc2)cccc1OC(C)=O. The summed E-state index contributed by atoms with van der Waals surface area (Å²) in [6.45, 7) is 3.45.